The number of benzene rings is 1. The molecule has 0 amide bonds. The fourth-order valence-corrected chi connectivity index (χ4v) is 1.96. The third-order valence-corrected chi connectivity index (χ3v) is 3.01. The number of nitrogens with two attached hydrogens (primary N) is 1. The molecule has 2 rings (SSSR count). The van der Waals surface area contributed by atoms with Gasteiger partial charge in [-0.3, -0.25) is 4.98 Å². The van der Waals surface area contributed by atoms with E-state index in [0.29, 0.717) is 0 Å². The topological polar surface area (TPSA) is 48.1 Å². The Morgan fingerprint density at radius 1 is 1.22 bits per heavy atom. The first kappa shape index (κ1) is 12.6. The normalized spacial score (nSPS) is 12.2. The smallest absolute Gasteiger partial charge is 0.141 e. The Hall–Kier alpha value is -1.87. The molecule has 1 unspecified atom stereocenters. The van der Waals surface area contributed by atoms with Crippen LogP contribution in [0.3, 0.4) is 0 Å². The van der Waals surface area contributed by atoms with E-state index in [-0.39, 0.29) is 6.04 Å². The van der Waals surface area contributed by atoms with Crippen molar-refractivity contribution in [2.75, 3.05) is 7.11 Å². The van der Waals surface area contributed by atoms with E-state index < -0.39 is 0 Å². The fraction of sp³-hybridized carbons (Fsp3) is 0.267. The molecule has 94 valence electrons. The summed E-state index contributed by atoms with van der Waals surface area (Å²) in [6, 6.07) is 10.3. The number of ether oxygens (including phenoxy) is 1. The average Bonchev–Trinajstić information content (AvgIpc) is 2.41. The van der Waals surface area contributed by atoms with Gasteiger partial charge >= 0.3 is 0 Å². The lowest BCUT2D eigenvalue weighted by molar-refractivity contribution is 0.403. The highest BCUT2D eigenvalue weighted by atomic mass is 16.5. The Bertz CT molecular complexity index is 508. The van der Waals surface area contributed by atoms with E-state index in [1.54, 1.807) is 19.5 Å². The van der Waals surface area contributed by atoms with Crippen molar-refractivity contribution in [3.63, 3.8) is 0 Å². The van der Waals surface area contributed by atoms with Crippen LogP contribution in [0.25, 0.3) is 0 Å². The molecular weight excluding hydrogens is 224 g/mol. The van der Waals surface area contributed by atoms with Gasteiger partial charge in [0.25, 0.3) is 0 Å². The molecule has 1 heterocycles. The van der Waals surface area contributed by atoms with Gasteiger partial charge in [0, 0.05) is 17.8 Å². The van der Waals surface area contributed by atoms with Gasteiger partial charge in [0.15, 0.2) is 0 Å². The van der Waals surface area contributed by atoms with Crippen molar-refractivity contribution in [2.24, 2.45) is 5.73 Å². The first-order valence-corrected chi connectivity index (χ1v) is 5.99. The zero-order valence-electron chi connectivity index (χ0n) is 10.8. The standard InChI is InChI=1S/C15H18N2O/c1-11-3-5-12(6-4-11)9-14(16)13-7-8-17-10-15(13)18-2/h3-8,10,14H,9,16H2,1-2H3. The molecule has 0 saturated heterocycles. The number of nitrogens with zero attached hydrogens (tertiary/aromatic N) is 1. The largest absolute Gasteiger partial charge is 0.495 e. The maximum Gasteiger partial charge on any atom is 0.141 e. The van der Waals surface area contributed by atoms with E-state index >= 15 is 0 Å². The number of aromatic nitrogens is 1. The van der Waals surface area contributed by atoms with Crippen molar-refractivity contribution in [1.82, 2.24) is 4.98 Å². The maximum absolute atomic E-state index is 6.23. The van der Waals surface area contributed by atoms with Crippen LogP contribution in [0.5, 0.6) is 5.75 Å². The molecule has 0 bridgehead atoms. The number of methoxy groups -OCH3 is 1. The van der Waals surface area contributed by atoms with E-state index in [1.165, 1.54) is 11.1 Å². The predicted octanol–water partition coefficient (Wildman–Crippen LogP) is 2.64. The van der Waals surface area contributed by atoms with Crippen molar-refractivity contribution in [3.05, 3.63) is 59.4 Å². The molecule has 18 heavy (non-hydrogen) atoms. The van der Waals surface area contributed by atoms with E-state index in [4.69, 9.17) is 10.5 Å². The SMILES string of the molecule is COc1cnccc1C(N)Cc1ccc(C)cc1. The summed E-state index contributed by atoms with van der Waals surface area (Å²) in [4.78, 5) is 4.04. The van der Waals surface area contributed by atoms with E-state index in [1.807, 2.05) is 6.07 Å². The number of hydrogen-bond acceptors (Lipinski definition) is 3. The van der Waals surface area contributed by atoms with Crippen LogP contribution >= 0.6 is 0 Å². The molecule has 0 saturated carbocycles. The van der Waals surface area contributed by atoms with Crippen LogP contribution in [0.15, 0.2) is 42.7 Å². The van der Waals surface area contributed by atoms with Crippen LogP contribution in [0, 0.1) is 6.92 Å². The number of pyridine rings is 1. The average molecular weight is 242 g/mol. The molecule has 0 radical (unpaired) electrons. The van der Waals surface area contributed by atoms with Crippen LogP contribution in [0.4, 0.5) is 0 Å². The Labute approximate surface area is 108 Å². The van der Waals surface area contributed by atoms with Gasteiger partial charge in [-0.2, -0.15) is 0 Å². The third-order valence-electron chi connectivity index (χ3n) is 3.01. The first-order chi connectivity index (χ1) is 8.70. The van der Waals surface area contributed by atoms with Crippen molar-refractivity contribution >= 4 is 0 Å². The molecule has 3 nitrogen and oxygen atoms in total. The van der Waals surface area contributed by atoms with Crippen LogP contribution < -0.4 is 10.5 Å². The summed E-state index contributed by atoms with van der Waals surface area (Å²) in [5.74, 6) is 0.747. The molecule has 0 spiro atoms. The molecule has 2 N–H and O–H groups in total. The molecule has 3 heteroatoms. The summed E-state index contributed by atoms with van der Waals surface area (Å²) in [6.45, 7) is 2.08. The molecule has 0 aliphatic rings. The molecular formula is C15H18N2O. The third kappa shape index (κ3) is 2.87. The van der Waals surface area contributed by atoms with Gasteiger partial charge in [-0.25, -0.2) is 0 Å². The maximum atomic E-state index is 6.23. The number of rotatable bonds is 4. The Kier molecular flexibility index (Phi) is 3.95. The first-order valence-electron chi connectivity index (χ1n) is 5.99. The molecule has 0 fully saturated rings. The molecule has 1 aromatic heterocycles. The monoisotopic (exact) mass is 242 g/mol. The van der Waals surface area contributed by atoms with Crippen molar-refractivity contribution in [2.45, 2.75) is 19.4 Å². The quantitative estimate of drug-likeness (QED) is 0.896. The van der Waals surface area contributed by atoms with E-state index in [0.717, 1.165) is 17.7 Å². The van der Waals surface area contributed by atoms with E-state index in [9.17, 15) is 0 Å². The summed E-state index contributed by atoms with van der Waals surface area (Å²) in [5, 5.41) is 0. The van der Waals surface area contributed by atoms with Crippen LogP contribution in [-0.2, 0) is 6.42 Å². The van der Waals surface area contributed by atoms with Gasteiger partial charge in [-0.1, -0.05) is 29.8 Å². The summed E-state index contributed by atoms with van der Waals surface area (Å²) in [7, 11) is 1.64. The highest BCUT2D eigenvalue weighted by Gasteiger charge is 2.12. The van der Waals surface area contributed by atoms with Crippen molar-refractivity contribution < 1.29 is 4.74 Å². The minimum absolute atomic E-state index is 0.0781. The number of aryl methyl sites for hydroxylation is 1. The fourth-order valence-electron chi connectivity index (χ4n) is 1.96. The molecule has 0 aliphatic heterocycles. The van der Waals surface area contributed by atoms with Gasteiger partial charge in [0.1, 0.15) is 5.75 Å². The van der Waals surface area contributed by atoms with Gasteiger partial charge in [-0.15, -0.1) is 0 Å². The zero-order chi connectivity index (χ0) is 13.0. The van der Waals surface area contributed by atoms with Gasteiger partial charge < -0.3 is 10.5 Å². The minimum atomic E-state index is -0.0781. The van der Waals surface area contributed by atoms with Gasteiger partial charge in [0.05, 0.1) is 13.3 Å². The second kappa shape index (κ2) is 5.65. The Balaban J connectivity index is 2.16. The summed E-state index contributed by atoms with van der Waals surface area (Å²) in [6.07, 6.45) is 4.23. The lowest BCUT2D eigenvalue weighted by Gasteiger charge is -2.15. The Morgan fingerprint density at radius 2 is 1.94 bits per heavy atom. The molecule has 0 aliphatic carbocycles. The van der Waals surface area contributed by atoms with Crippen LogP contribution in [0.2, 0.25) is 0 Å². The highest BCUT2D eigenvalue weighted by molar-refractivity contribution is 5.34. The Morgan fingerprint density at radius 3 is 2.61 bits per heavy atom. The van der Waals surface area contributed by atoms with Gasteiger partial charge in [0.2, 0.25) is 0 Å². The number of hydrogen-bond donors (Lipinski definition) is 1. The highest BCUT2D eigenvalue weighted by Crippen LogP contribution is 2.24. The van der Waals surface area contributed by atoms with Crippen molar-refractivity contribution in [3.8, 4) is 5.75 Å². The predicted molar refractivity (Wildman–Crippen MR) is 72.6 cm³/mol. The summed E-state index contributed by atoms with van der Waals surface area (Å²) in [5.41, 5.74) is 9.71. The minimum Gasteiger partial charge on any atom is -0.495 e. The lowest BCUT2D eigenvalue weighted by atomic mass is 9.99. The summed E-state index contributed by atoms with van der Waals surface area (Å²) < 4.78 is 5.28. The lowest BCUT2D eigenvalue weighted by Crippen LogP contribution is -2.14. The van der Waals surface area contributed by atoms with Crippen LogP contribution in [0.1, 0.15) is 22.7 Å². The van der Waals surface area contributed by atoms with Crippen molar-refractivity contribution in [1.29, 1.82) is 0 Å². The molecule has 1 atom stereocenters. The van der Waals surface area contributed by atoms with E-state index in [2.05, 4.69) is 36.2 Å². The second-order valence-corrected chi connectivity index (χ2v) is 4.41. The zero-order valence-corrected chi connectivity index (χ0v) is 10.8. The molecule has 2 aromatic rings. The summed E-state index contributed by atoms with van der Waals surface area (Å²) >= 11 is 0. The van der Waals surface area contributed by atoms with Crippen LogP contribution in [-0.4, -0.2) is 12.1 Å². The second-order valence-electron chi connectivity index (χ2n) is 4.41. The molecule has 1 aromatic carbocycles. The van der Waals surface area contributed by atoms with Gasteiger partial charge in [-0.05, 0) is 25.0 Å².